The summed E-state index contributed by atoms with van der Waals surface area (Å²) in [6, 6.07) is 26.5. The second-order valence-electron chi connectivity index (χ2n) is 7.06. The van der Waals surface area contributed by atoms with Crippen molar-refractivity contribution in [2.45, 2.75) is 19.3 Å². The lowest BCUT2D eigenvalue weighted by Crippen LogP contribution is -2.00. The lowest BCUT2D eigenvalue weighted by atomic mass is 9.86. The third-order valence-electron chi connectivity index (χ3n) is 5.47. The highest BCUT2D eigenvalue weighted by atomic mass is 14.3. The van der Waals surface area contributed by atoms with E-state index < -0.39 is 0 Å². The van der Waals surface area contributed by atoms with E-state index in [0.717, 1.165) is 6.42 Å². The summed E-state index contributed by atoms with van der Waals surface area (Å²) in [5.41, 5.74) is 11.3. The number of benzene rings is 3. The van der Waals surface area contributed by atoms with Crippen molar-refractivity contribution in [1.82, 2.24) is 0 Å². The largest absolute Gasteiger partial charge is 0.0697 e. The van der Waals surface area contributed by atoms with Crippen molar-refractivity contribution in [3.63, 3.8) is 0 Å². The highest BCUT2D eigenvalue weighted by Gasteiger charge is 2.26. The van der Waals surface area contributed by atoms with E-state index in [-0.39, 0.29) is 0 Å². The molecule has 1 unspecified atom stereocenters. The van der Waals surface area contributed by atoms with Gasteiger partial charge in [-0.15, -0.1) is 0 Å². The summed E-state index contributed by atoms with van der Waals surface area (Å²) >= 11 is 0. The molecule has 120 valence electrons. The molecule has 0 bridgehead atoms. The van der Waals surface area contributed by atoms with E-state index in [4.69, 9.17) is 0 Å². The van der Waals surface area contributed by atoms with Gasteiger partial charge in [-0.1, -0.05) is 90.5 Å². The summed E-state index contributed by atoms with van der Waals surface area (Å²) in [4.78, 5) is 0. The van der Waals surface area contributed by atoms with Crippen molar-refractivity contribution in [2.24, 2.45) is 0 Å². The predicted molar refractivity (Wildman–Crippen MR) is 106 cm³/mol. The highest BCUT2D eigenvalue weighted by molar-refractivity contribution is 5.87. The third-order valence-corrected chi connectivity index (χ3v) is 5.47. The van der Waals surface area contributed by atoms with Gasteiger partial charge in [0, 0.05) is 5.92 Å². The Morgan fingerprint density at radius 3 is 2.32 bits per heavy atom. The Hall–Kier alpha value is -2.86. The fourth-order valence-electron chi connectivity index (χ4n) is 4.35. The summed E-state index contributed by atoms with van der Waals surface area (Å²) in [7, 11) is 0. The molecule has 0 aliphatic heterocycles. The van der Waals surface area contributed by atoms with Crippen molar-refractivity contribution in [2.75, 3.05) is 0 Å². The average Bonchev–Trinajstić information content (AvgIpc) is 3.23. The molecule has 3 aromatic rings. The third kappa shape index (κ3) is 2.29. The Morgan fingerprint density at radius 2 is 1.44 bits per heavy atom. The second kappa shape index (κ2) is 5.60. The smallest absolute Gasteiger partial charge is 0.0281 e. The van der Waals surface area contributed by atoms with Crippen LogP contribution in [-0.4, -0.2) is 0 Å². The van der Waals surface area contributed by atoms with Gasteiger partial charge in [0.1, 0.15) is 0 Å². The van der Waals surface area contributed by atoms with Crippen molar-refractivity contribution >= 4 is 5.57 Å². The molecule has 2 aliphatic rings. The van der Waals surface area contributed by atoms with E-state index in [0.29, 0.717) is 5.92 Å². The Bertz CT molecular complexity index is 1020. The van der Waals surface area contributed by atoms with E-state index in [9.17, 15) is 0 Å². The zero-order valence-corrected chi connectivity index (χ0v) is 14.4. The van der Waals surface area contributed by atoms with Crippen LogP contribution in [0.25, 0.3) is 16.7 Å². The second-order valence-corrected chi connectivity index (χ2v) is 7.06. The lowest BCUT2D eigenvalue weighted by Gasteiger charge is -2.18. The van der Waals surface area contributed by atoms with Gasteiger partial charge in [0.2, 0.25) is 0 Å². The summed E-state index contributed by atoms with van der Waals surface area (Å²) in [6.07, 6.45) is 5.81. The molecule has 0 amide bonds. The summed E-state index contributed by atoms with van der Waals surface area (Å²) < 4.78 is 0. The molecule has 0 heteroatoms. The Kier molecular flexibility index (Phi) is 3.24. The van der Waals surface area contributed by atoms with Gasteiger partial charge >= 0.3 is 0 Å². The minimum atomic E-state index is 0.358. The molecule has 0 saturated heterocycles. The molecule has 0 fully saturated rings. The minimum Gasteiger partial charge on any atom is -0.0697 e. The van der Waals surface area contributed by atoms with Crippen molar-refractivity contribution in [1.29, 1.82) is 0 Å². The number of fused-ring (bicyclic) bond motifs is 3. The zero-order valence-electron chi connectivity index (χ0n) is 14.4. The van der Waals surface area contributed by atoms with Gasteiger partial charge in [0.25, 0.3) is 0 Å². The molecule has 0 spiro atoms. The van der Waals surface area contributed by atoms with Crippen molar-refractivity contribution in [3.8, 4) is 11.1 Å². The van der Waals surface area contributed by atoms with Crippen LogP contribution in [0.1, 0.15) is 35.1 Å². The van der Waals surface area contributed by atoms with Crippen LogP contribution < -0.4 is 0 Å². The number of allylic oxidation sites excluding steroid dienone is 4. The van der Waals surface area contributed by atoms with Gasteiger partial charge in [-0.05, 0) is 52.3 Å². The van der Waals surface area contributed by atoms with Gasteiger partial charge in [0.05, 0.1) is 0 Å². The van der Waals surface area contributed by atoms with E-state index in [1.54, 1.807) is 0 Å². The first-order chi connectivity index (χ1) is 12.3. The van der Waals surface area contributed by atoms with Gasteiger partial charge in [-0.3, -0.25) is 0 Å². The van der Waals surface area contributed by atoms with E-state index in [2.05, 4.69) is 91.9 Å². The fourth-order valence-corrected chi connectivity index (χ4v) is 4.35. The molecular weight excluding hydrogens is 300 g/mol. The number of hydrogen-bond donors (Lipinski definition) is 0. The van der Waals surface area contributed by atoms with Crippen LogP contribution in [-0.2, 0) is 6.42 Å². The van der Waals surface area contributed by atoms with Gasteiger partial charge in [-0.2, -0.15) is 0 Å². The molecule has 0 nitrogen and oxygen atoms in total. The molecular formula is C25H20. The maximum atomic E-state index is 2.39. The Morgan fingerprint density at radius 1 is 0.720 bits per heavy atom. The first kappa shape index (κ1) is 14.5. The van der Waals surface area contributed by atoms with Gasteiger partial charge in [-0.25, -0.2) is 0 Å². The van der Waals surface area contributed by atoms with Crippen LogP contribution >= 0.6 is 0 Å². The maximum absolute atomic E-state index is 2.39. The molecule has 0 saturated carbocycles. The molecule has 5 rings (SSSR count). The molecule has 0 heterocycles. The Labute approximate surface area is 149 Å². The number of hydrogen-bond acceptors (Lipinski definition) is 0. The minimum absolute atomic E-state index is 0.358. The normalized spacial score (nSPS) is 17.7. The molecule has 2 aliphatic carbocycles. The van der Waals surface area contributed by atoms with Gasteiger partial charge < -0.3 is 0 Å². The molecule has 3 aromatic carbocycles. The fraction of sp³-hybridized carbons (Fsp3) is 0.120. The van der Waals surface area contributed by atoms with E-state index in [1.807, 2.05) is 0 Å². The summed E-state index contributed by atoms with van der Waals surface area (Å²) in [5, 5.41) is 0. The first-order valence-electron chi connectivity index (χ1n) is 8.97. The molecule has 1 atom stereocenters. The lowest BCUT2D eigenvalue weighted by molar-refractivity contribution is 1.11. The van der Waals surface area contributed by atoms with Crippen molar-refractivity contribution < 1.29 is 0 Å². The van der Waals surface area contributed by atoms with Crippen LogP contribution in [0.4, 0.5) is 0 Å². The highest BCUT2D eigenvalue weighted by Crippen LogP contribution is 2.45. The quantitative estimate of drug-likeness (QED) is 0.402. The van der Waals surface area contributed by atoms with Crippen LogP contribution in [0.3, 0.4) is 0 Å². The summed E-state index contributed by atoms with van der Waals surface area (Å²) in [6.45, 7) is 2.21. The molecule has 0 radical (unpaired) electrons. The van der Waals surface area contributed by atoms with Crippen LogP contribution in [0, 0.1) is 0 Å². The first-order valence-corrected chi connectivity index (χ1v) is 8.97. The molecule has 25 heavy (non-hydrogen) atoms. The van der Waals surface area contributed by atoms with Crippen molar-refractivity contribution in [3.05, 3.63) is 113 Å². The van der Waals surface area contributed by atoms with Crippen LogP contribution in [0.2, 0.25) is 0 Å². The topological polar surface area (TPSA) is 0 Å². The average molecular weight is 320 g/mol. The SMILES string of the molecule is CC1=CC(c2ccccc2)C(c2cccc3c2Cc2ccccc2-3)=C1. The predicted octanol–water partition coefficient (Wildman–Crippen LogP) is 6.38. The van der Waals surface area contributed by atoms with Crippen LogP contribution in [0.5, 0.6) is 0 Å². The number of rotatable bonds is 2. The zero-order chi connectivity index (χ0) is 16.8. The maximum Gasteiger partial charge on any atom is 0.0281 e. The van der Waals surface area contributed by atoms with Gasteiger partial charge in [0.15, 0.2) is 0 Å². The van der Waals surface area contributed by atoms with E-state index >= 15 is 0 Å². The molecule has 0 aromatic heterocycles. The van der Waals surface area contributed by atoms with E-state index in [1.165, 1.54) is 44.5 Å². The standard InChI is InChI=1S/C25H20/c1-17-14-23(18-8-3-2-4-9-18)24(15-17)22-13-7-12-21-20-11-6-5-10-19(20)16-25(21)22/h2-15,23H,16H2,1H3. The molecule has 0 N–H and O–H groups in total. The summed E-state index contributed by atoms with van der Waals surface area (Å²) in [5.74, 6) is 0.358. The Balaban J connectivity index is 1.65. The monoisotopic (exact) mass is 320 g/mol. The van der Waals surface area contributed by atoms with Crippen LogP contribution in [0.15, 0.2) is 90.5 Å².